The average Bonchev–Trinajstić information content (AvgIpc) is 3.41. The number of aryl methyl sites for hydroxylation is 1. The first kappa shape index (κ1) is 34.9. The molecular formula is C34H45N7O6. The molecule has 0 saturated carbocycles. The Hall–Kier alpha value is -4.94. The van der Waals surface area contributed by atoms with Crippen molar-refractivity contribution >= 4 is 23.6 Å². The van der Waals surface area contributed by atoms with Gasteiger partial charge in [-0.3, -0.25) is 19.2 Å². The predicted molar refractivity (Wildman–Crippen MR) is 174 cm³/mol. The molecule has 0 fully saturated rings. The molecule has 0 bridgehead atoms. The number of ether oxygens (including phenoxy) is 2. The van der Waals surface area contributed by atoms with Crippen LogP contribution in [0.2, 0.25) is 0 Å². The van der Waals surface area contributed by atoms with Gasteiger partial charge < -0.3 is 30.3 Å². The molecule has 3 aromatic rings. The molecule has 0 saturated heterocycles. The summed E-state index contributed by atoms with van der Waals surface area (Å²) in [5.41, 5.74) is 0.888. The lowest BCUT2D eigenvalue weighted by molar-refractivity contribution is -0.134. The van der Waals surface area contributed by atoms with Crippen LogP contribution in [0.25, 0.3) is 0 Å². The van der Waals surface area contributed by atoms with Crippen molar-refractivity contribution < 1.29 is 28.7 Å². The van der Waals surface area contributed by atoms with Crippen molar-refractivity contribution in [1.82, 2.24) is 35.6 Å². The van der Waals surface area contributed by atoms with Crippen LogP contribution in [0.3, 0.4) is 0 Å². The second-order valence-corrected chi connectivity index (χ2v) is 11.8. The zero-order valence-corrected chi connectivity index (χ0v) is 27.5. The Kier molecular flexibility index (Phi) is 12.7. The van der Waals surface area contributed by atoms with Gasteiger partial charge >= 0.3 is 0 Å². The lowest BCUT2D eigenvalue weighted by atomic mass is 10.0. The van der Waals surface area contributed by atoms with Gasteiger partial charge in [0.15, 0.2) is 23.9 Å². The van der Waals surface area contributed by atoms with E-state index in [-0.39, 0.29) is 55.5 Å². The van der Waals surface area contributed by atoms with Gasteiger partial charge in [-0.05, 0) is 43.4 Å². The maximum absolute atomic E-state index is 13.8. The maximum atomic E-state index is 13.8. The minimum Gasteiger partial charge on any atom is -0.493 e. The molecule has 0 spiro atoms. The number of methoxy groups -OCH3 is 1. The zero-order valence-electron chi connectivity index (χ0n) is 27.5. The number of rotatable bonds is 7. The van der Waals surface area contributed by atoms with Gasteiger partial charge in [-0.15, -0.1) is 0 Å². The summed E-state index contributed by atoms with van der Waals surface area (Å²) in [6.45, 7) is 6.28. The molecule has 2 heterocycles. The molecule has 1 aliphatic rings. The van der Waals surface area contributed by atoms with E-state index < -0.39 is 12.1 Å². The van der Waals surface area contributed by atoms with E-state index in [2.05, 4.69) is 26.0 Å². The van der Waals surface area contributed by atoms with E-state index >= 15 is 0 Å². The molecule has 13 heteroatoms. The van der Waals surface area contributed by atoms with Crippen molar-refractivity contribution in [3.8, 4) is 11.5 Å². The number of fused-ring (bicyclic) bond motifs is 1. The number of para-hydroxylation sites is 2. The second kappa shape index (κ2) is 17.1. The standard InChI is InChI=1S/C34H45N7O6/c1-23(2)32-33-36-24(3)39-41(33)21-30(43)35-17-11-19-40(31(44)22-47-28-15-9-8-14-27(28)46-4)18-10-16-29(42)37-26(34(45)38-32)20-25-12-6-5-7-13-25/h5-9,12-15,23,26,32H,10-11,16-22H2,1-4H3,(H,35,43)(H,37,42)(H,38,45)/t26-,32+/m1/s1. The van der Waals surface area contributed by atoms with Crippen molar-refractivity contribution in [3.05, 3.63) is 71.8 Å². The summed E-state index contributed by atoms with van der Waals surface area (Å²) < 4.78 is 12.6. The summed E-state index contributed by atoms with van der Waals surface area (Å²) in [6, 6.07) is 15.1. The quantitative estimate of drug-likeness (QED) is 0.353. The first-order valence-electron chi connectivity index (χ1n) is 16.0. The smallest absolute Gasteiger partial charge is 0.260 e. The zero-order chi connectivity index (χ0) is 33.8. The first-order chi connectivity index (χ1) is 22.6. The predicted octanol–water partition coefficient (Wildman–Crippen LogP) is 2.34. The van der Waals surface area contributed by atoms with E-state index in [0.717, 1.165) is 5.56 Å². The average molecular weight is 648 g/mol. The van der Waals surface area contributed by atoms with Crippen LogP contribution in [0.5, 0.6) is 11.5 Å². The fraction of sp³-hybridized carbons (Fsp3) is 0.471. The monoisotopic (exact) mass is 647 g/mol. The maximum Gasteiger partial charge on any atom is 0.260 e. The number of carbonyl (C=O) groups is 4. The van der Waals surface area contributed by atoms with Crippen LogP contribution >= 0.6 is 0 Å². The summed E-state index contributed by atoms with van der Waals surface area (Å²) in [4.78, 5) is 59.4. The molecule has 252 valence electrons. The van der Waals surface area contributed by atoms with Crippen LogP contribution in [-0.2, 0) is 32.1 Å². The summed E-state index contributed by atoms with van der Waals surface area (Å²) in [7, 11) is 1.53. The number of benzene rings is 2. The number of nitrogens with zero attached hydrogens (tertiary/aromatic N) is 4. The van der Waals surface area contributed by atoms with E-state index in [1.165, 1.54) is 11.8 Å². The SMILES string of the molecule is COc1ccccc1OCC(=O)N1CCCNC(=O)Cn2nc(C)nc2[C@H](C(C)C)NC(=O)[C@@H](Cc2ccccc2)NC(=O)CCC1. The number of carbonyl (C=O) groups excluding carboxylic acids is 4. The van der Waals surface area contributed by atoms with Crippen molar-refractivity contribution in [3.63, 3.8) is 0 Å². The van der Waals surface area contributed by atoms with Crippen LogP contribution in [0.1, 0.15) is 56.4 Å². The van der Waals surface area contributed by atoms with Gasteiger partial charge in [0, 0.05) is 32.5 Å². The highest BCUT2D eigenvalue weighted by atomic mass is 16.5. The van der Waals surface area contributed by atoms with Gasteiger partial charge in [0.2, 0.25) is 17.7 Å². The van der Waals surface area contributed by atoms with Crippen LogP contribution in [0.4, 0.5) is 0 Å². The lowest BCUT2D eigenvalue weighted by Gasteiger charge is -2.26. The first-order valence-corrected chi connectivity index (χ1v) is 16.0. The second-order valence-electron chi connectivity index (χ2n) is 11.8. The third kappa shape index (κ3) is 10.3. The molecule has 0 unspecified atom stereocenters. The topological polar surface area (TPSA) is 157 Å². The summed E-state index contributed by atoms with van der Waals surface area (Å²) in [5.74, 6) is 0.602. The normalized spacial score (nSPS) is 18.7. The molecule has 47 heavy (non-hydrogen) atoms. The Morgan fingerprint density at radius 2 is 1.66 bits per heavy atom. The van der Waals surface area contributed by atoms with Crippen LogP contribution in [-0.4, -0.2) is 82.7 Å². The Morgan fingerprint density at radius 3 is 2.38 bits per heavy atom. The van der Waals surface area contributed by atoms with Gasteiger partial charge in [-0.2, -0.15) is 5.10 Å². The fourth-order valence-electron chi connectivity index (χ4n) is 5.38. The minimum absolute atomic E-state index is 0.0847. The molecule has 2 aromatic carbocycles. The van der Waals surface area contributed by atoms with E-state index in [9.17, 15) is 19.2 Å². The molecule has 4 amide bonds. The van der Waals surface area contributed by atoms with E-state index in [4.69, 9.17) is 9.47 Å². The summed E-state index contributed by atoms with van der Waals surface area (Å²) in [6.07, 6.45) is 1.25. The number of aromatic nitrogens is 3. The van der Waals surface area contributed by atoms with Gasteiger partial charge in [0.25, 0.3) is 5.91 Å². The molecule has 13 nitrogen and oxygen atoms in total. The van der Waals surface area contributed by atoms with E-state index in [1.54, 1.807) is 30.0 Å². The highest BCUT2D eigenvalue weighted by molar-refractivity contribution is 5.88. The Bertz CT molecular complexity index is 1510. The van der Waals surface area contributed by atoms with Crippen LogP contribution in [0, 0.1) is 12.8 Å². The molecule has 0 aliphatic carbocycles. The van der Waals surface area contributed by atoms with Crippen molar-refractivity contribution in [2.24, 2.45) is 5.92 Å². The van der Waals surface area contributed by atoms with Crippen molar-refractivity contribution in [1.29, 1.82) is 0 Å². The summed E-state index contributed by atoms with van der Waals surface area (Å²) in [5, 5.41) is 13.3. The Morgan fingerprint density at radius 1 is 0.957 bits per heavy atom. The van der Waals surface area contributed by atoms with E-state index in [1.807, 2.05) is 50.2 Å². The van der Waals surface area contributed by atoms with E-state index in [0.29, 0.717) is 55.6 Å². The number of amides is 4. The fourth-order valence-corrected chi connectivity index (χ4v) is 5.38. The third-order valence-electron chi connectivity index (χ3n) is 7.81. The van der Waals surface area contributed by atoms with Gasteiger partial charge in [-0.25, -0.2) is 9.67 Å². The van der Waals surface area contributed by atoms with Crippen molar-refractivity contribution in [2.75, 3.05) is 33.4 Å². The molecule has 2 atom stereocenters. The minimum atomic E-state index is -0.863. The molecule has 1 aromatic heterocycles. The third-order valence-corrected chi connectivity index (χ3v) is 7.81. The largest absolute Gasteiger partial charge is 0.493 e. The number of hydrogen-bond acceptors (Lipinski definition) is 8. The number of hydrogen-bond donors (Lipinski definition) is 3. The van der Waals surface area contributed by atoms with Gasteiger partial charge in [0.1, 0.15) is 18.4 Å². The molecule has 4 rings (SSSR count). The highest BCUT2D eigenvalue weighted by Gasteiger charge is 2.30. The molecule has 0 radical (unpaired) electrons. The van der Waals surface area contributed by atoms with Crippen LogP contribution in [0.15, 0.2) is 54.6 Å². The lowest BCUT2D eigenvalue weighted by Crippen LogP contribution is -2.50. The van der Waals surface area contributed by atoms with Gasteiger partial charge in [0.05, 0.1) is 13.2 Å². The Balaban J connectivity index is 1.54. The Labute approximate surface area is 275 Å². The molecule has 3 N–H and O–H groups in total. The summed E-state index contributed by atoms with van der Waals surface area (Å²) >= 11 is 0. The highest BCUT2D eigenvalue weighted by Crippen LogP contribution is 2.26. The van der Waals surface area contributed by atoms with Gasteiger partial charge in [-0.1, -0.05) is 56.3 Å². The van der Waals surface area contributed by atoms with Crippen LogP contribution < -0.4 is 25.4 Å². The molecular weight excluding hydrogens is 602 g/mol. The van der Waals surface area contributed by atoms with Crippen molar-refractivity contribution in [2.45, 2.75) is 65.1 Å². The number of nitrogens with one attached hydrogen (secondary N) is 3. The molecule has 1 aliphatic heterocycles.